The summed E-state index contributed by atoms with van der Waals surface area (Å²) in [4.78, 5) is 39.3. The lowest BCUT2D eigenvalue weighted by Crippen LogP contribution is -2.48. The number of amides is 2. The molecule has 2 fully saturated rings. The quantitative estimate of drug-likeness (QED) is 0.198. The fourth-order valence-corrected chi connectivity index (χ4v) is 4.62. The number of nitrogens with zero attached hydrogens (tertiary/aromatic N) is 2. The van der Waals surface area contributed by atoms with E-state index in [2.05, 4.69) is 6.92 Å². The standard InChI is InChI=1S/C19H35NO4.C11H21NO3/c1-5-6-7-8-9-13-17(21)23-15-16-12-10-11-14-20(16)18(22)24-19(2,3)4;1-11(2,3)15-10(14)12-7-5-4-6-9(12)8-13/h16H,5-15H2,1-4H3;9,13H,4-8H2,1-3H3. The predicted molar refractivity (Wildman–Crippen MR) is 153 cm³/mol. The molecule has 2 heterocycles. The van der Waals surface area contributed by atoms with E-state index in [0.29, 0.717) is 19.5 Å². The number of carbonyl (C=O) groups is 3. The molecule has 2 atom stereocenters. The van der Waals surface area contributed by atoms with E-state index in [4.69, 9.17) is 19.3 Å². The monoisotopic (exact) mass is 556 g/mol. The molecular formula is C30H56N2O7. The van der Waals surface area contributed by atoms with Gasteiger partial charge in [-0.1, -0.05) is 32.6 Å². The van der Waals surface area contributed by atoms with Crippen molar-refractivity contribution in [2.75, 3.05) is 26.3 Å². The van der Waals surface area contributed by atoms with E-state index in [0.717, 1.165) is 51.4 Å². The summed E-state index contributed by atoms with van der Waals surface area (Å²) in [5.74, 6) is -0.152. The van der Waals surface area contributed by atoms with E-state index in [-0.39, 0.29) is 43.5 Å². The van der Waals surface area contributed by atoms with Crippen molar-refractivity contribution in [3.05, 3.63) is 0 Å². The van der Waals surface area contributed by atoms with Crippen LogP contribution in [0.3, 0.4) is 0 Å². The molecule has 2 unspecified atom stereocenters. The number of hydrogen-bond donors (Lipinski definition) is 1. The molecule has 0 aromatic heterocycles. The molecule has 9 nitrogen and oxygen atoms in total. The second kappa shape index (κ2) is 17.6. The molecule has 0 saturated carbocycles. The largest absolute Gasteiger partial charge is 0.463 e. The molecule has 39 heavy (non-hydrogen) atoms. The van der Waals surface area contributed by atoms with Crippen molar-refractivity contribution in [1.29, 1.82) is 0 Å². The van der Waals surface area contributed by atoms with Crippen LogP contribution < -0.4 is 0 Å². The first-order valence-corrected chi connectivity index (χ1v) is 15.0. The first kappa shape index (κ1) is 35.0. The van der Waals surface area contributed by atoms with Crippen molar-refractivity contribution >= 4 is 18.2 Å². The van der Waals surface area contributed by atoms with Gasteiger partial charge in [0.15, 0.2) is 0 Å². The minimum absolute atomic E-state index is 0.0270. The van der Waals surface area contributed by atoms with Gasteiger partial charge in [0.05, 0.1) is 18.7 Å². The first-order valence-electron chi connectivity index (χ1n) is 15.0. The normalized spacial score (nSPS) is 20.0. The molecule has 0 bridgehead atoms. The highest BCUT2D eigenvalue weighted by molar-refractivity contribution is 5.70. The number of rotatable bonds is 9. The lowest BCUT2D eigenvalue weighted by molar-refractivity contribution is -0.146. The van der Waals surface area contributed by atoms with Crippen molar-refractivity contribution in [2.24, 2.45) is 0 Å². The van der Waals surface area contributed by atoms with Crippen molar-refractivity contribution in [2.45, 2.75) is 149 Å². The van der Waals surface area contributed by atoms with Crippen LogP contribution >= 0.6 is 0 Å². The minimum atomic E-state index is -0.506. The molecular weight excluding hydrogens is 500 g/mol. The van der Waals surface area contributed by atoms with Crippen LogP contribution in [0, 0.1) is 0 Å². The third-order valence-electron chi connectivity index (χ3n) is 6.64. The highest BCUT2D eigenvalue weighted by Crippen LogP contribution is 2.22. The average molecular weight is 557 g/mol. The van der Waals surface area contributed by atoms with Gasteiger partial charge >= 0.3 is 18.2 Å². The molecule has 2 rings (SSSR count). The van der Waals surface area contributed by atoms with Gasteiger partial charge in [-0.05, 0) is 86.5 Å². The number of ether oxygens (including phenoxy) is 3. The maximum absolute atomic E-state index is 12.3. The number of aliphatic hydroxyl groups excluding tert-OH is 1. The van der Waals surface area contributed by atoms with Crippen LogP contribution in [-0.2, 0) is 19.0 Å². The van der Waals surface area contributed by atoms with Crippen LogP contribution in [0.4, 0.5) is 9.59 Å². The van der Waals surface area contributed by atoms with Gasteiger partial charge in [0, 0.05) is 19.5 Å². The Hall–Kier alpha value is -2.03. The van der Waals surface area contributed by atoms with Crippen molar-refractivity contribution in [1.82, 2.24) is 9.80 Å². The molecule has 0 aromatic rings. The van der Waals surface area contributed by atoms with Crippen molar-refractivity contribution in [3.63, 3.8) is 0 Å². The van der Waals surface area contributed by atoms with Gasteiger partial charge in [0.1, 0.15) is 17.8 Å². The molecule has 0 aliphatic carbocycles. The summed E-state index contributed by atoms with van der Waals surface area (Å²) in [5, 5.41) is 9.16. The second-order valence-corrected chi connectivity index (χ2v) is 12.7. The van der Waals surface area contributed by atoms with Gasteiger partial charge in [0.25, 0.3) is 0 Å². The molecule has 0 spiro atoms. The maximum atomic E-state index is 12.3. The van der Waals surface area contributed by atoms with Crippen molar-refractivity contribution in [3.8, 4) is 0 Å². The van der Waals surface area contributed by atoms with Gasteiger partial charge in [-0.15, -0.1) is 0 Å². The Morgan fingerprint density at radius 3 is 1.72 bits per heavy atom. The number of unbranched alkanes of at least 4 members (excludes halogenated alkanes) is 4. The Bertz CT molecular complexity index is 730. The Kier molecular flexibility index (Phi) is 15.8. The number of likely N-dealkylation sites (tertiary alicyclic amines) is 2. The van der Waals surface area contributed by atoms with E-state index >= 15 is 0 Å². The Balaban J connectivity index is 0.000000434. The number of hydrogen-bond acceptors (Lipinski definition) is 7. The van der Waals surface area contributed by atoms with Gasteiger partial charge < -0.3 is 29.1 Å². The third kappa shape index (κ3) is 15.4. The zero-order valence-electron chi connectivity index (χ0n) is 25.8. The van der Waals surface area contributed by atoms with E-state index in [1.165, 1.54) is 19.3 Å². The minimum Gasteiger partial charge on any atom is -0.463 e. The molecule has 2 aliphatic heterocycles. The number of piperidine rings is 2. The van der Waals surface area contributed by atoms with E-state index in [9.17, 15) is 14.4 Å². The fraction of sp³-hybridized carbons (Fsp3) is 0.900. The number of carbonyl (C=O) groups excluding carboxylic acids is 3. The SMILES string of the molecule is CC(C)(C)OC(=O)N1CCCCC1CO.CCCCCCCC(=O)OCC1CCCCN1C(=O)OC(C)(C)C. The van der Waals surface area contributed by atoms with Crippen LogP contribution in [0.15, 0.2) is 0 Å². The lowest BCUT2D eigenvalue weighted by atomic mass is 10.0. The summed E-state index contributed by atoms with van der Waals surface area (Å²) >= 11 is 0. The van der Waals surface area contributed by atoms with Gasteiger partial charge in [0.2, 0.25) is 0 Å². The lowest BCUT2D eigenvalue weighted by Gasteiger charge is -2.36. The zero-order chi connectivity index (χ0) is 29.5. The molecule has 2 saturated heterocycles. The summed E-state index contributed by atoms with van der Waals surface area (Å²) < 4.78 is 16.2. The van der Waals surface area contributed by atoms with Crippen LogP contribution in [0.25, 0.3) is 0 Å². The van der Waals surface area contributed by atoms with Crippen LogP contribution in [0.5, 0.6) is 0 Å². The van der Waals surface area contributed by atoms with Crippen LogP contribution in [-0.4, -0.2) is 82.7 Å². The Labute approximate surface area is 236 Å². The maximum Gasteiger partial charge on any atom is 0.410 e. The number of aliphatic hydroxyl groups is 1. The van der Waals surface area contributed by atoms with Gasteiger partial charge in [-0.25, -0.2) is 9.59 Å². The van der Waals surface area contributed by atoms with Gasteiger partial charge in [-0.2, -0.15) is 0 Å². The van der Waals surface area contributed by atoms with E-state index in [1.807, 2.05) is 41.5 Å². The smallest absolute Gasteiger partial charge is 0.410 e. The van der Waals surface area contributed by atoms with Crippen LogP contribution in [0.1, 0.15) is 126 Å². The molecule has 2 amide bonds. The molecule has 2 aliphatic rings. The molecule has 9 heteroatoms. The van der Waals surface area contributed by atoms with Gasteiger partial charge in [-0.3, -0.25) is 4.79 Å². The van der Waals surface area contributed by atoms with E-state index in [1.54, 1.807) is 9.80 Å². The van der Waals surface area contributed by atoms with Crippen LogP contribution in [0.2, 0.25) is 0 Å². The summed E-state index contributed by atoms with van der Waals surface area (Å²) in [5.41, 5.74) is -0.969. The predicted octanol–water partition coefficient (Wildman–Crippen LogP) is 6.45. The Morgan fingerprint density at radius 1 is 0.744 bits per heavy atom. The first-order chi connectivity index (χ1) is 18.3. The van der Waals surface area contributed by atoms with Crippen molar-refractivity contribution < 1.29 is 33.7 Å². The average Bonchev–Trinajstić information content (AvgIpc) is 2.86. The topological polar surface area (TPSA) is 106 Å². The fourth-order valence-electron chi connectivity index (χ4n) is 4.62. The summed E-state index contributed by atoms with van der Waals surface area (Å²) in [6, 6.07) is -0.119. The number of esters is 1. The molecule has 0 aromatic carbocycles. The summed E-state index contributed by atoms with van der Waals surface area (Å²) in [6.07, 6.45) is 11.3. The molecule has 228 valence electrons. The molecule has 1 N–H and O–H groups in total. The molecule has 0 radical (unpaired) electrons. The highest BCUT2D eigenvalue weighted by Gasteiger charge is 2.31. The van der Waals surface area contributed by atoms with E-state index < -0.39 is 11.2 Å². The Morgan fingerprint density at radius 2 is 1.23 bits per heavy atom. The second-order valence-electron chi connectivity index (χ2n) is 12.7. The third-order valence-corrected chi connectivity index (χ3v) is 6.64. The zero-order valence-corrected chi connectivity index (χ0v) is 25.8. The highest BCUT2D eigenvalue weighted by atomic mass is 16.6. The summed E-state index contributed by atoms with van der Waals surface area (Å²) in [7, 11) is 0. The summed E-state index contributed by atoms with van der Waals surface area (Å²) in [6.45, 7) is 15.0.